The molecule has 1 rings (SSSR count). The third-order valence-electron chi connectivity index (χ3n) is 2.07. The Morgan fingerprint density at radius 3 is 2.80 bits per heavy atom. The Labute approximate surface area is 94.2 Å². The Kier molecular flexibility index (Phi) is 4.59. The minimum absolute atomic E-state index is 0.271. The lowest BCUT2D eigenvalue weighted by atomic mass is 10.2. The van der Waals surface area contributed by atoms with E-state index in [-0.39, 0.29) is 11.8 Å². The van der Waals surface area contributed by atoms with Crippen LogP contribution < -0.4 is 5.73 Å². The fraction of sp³-hybridized carbons (Fsp3) is 0.364. The van der Waals surface area contributed by atoms with Crippen LogP contribution in [0.1, 0.15) is 12.5 Å². The smallest absolute Gasteiger partial charge is 0.222 e. The summed E-state index contributed by atoms with van der Waals surface area (Å²) in [4.78, 5) is 10.7. The second-order valence-corrected chi connectivity index (χ2v) is 3.82. The minimum Gasteiger partial charge on any atom is -0.376 e. The average molecular weight is 228 g/mol. The van der Waals surface area contributed by atoms with E-state index in [1.54, 1.807) is 13.0 Å². The quantitative estimate of drug-likeness (QED) is 0.836. The van der Waals surface area contributed by atoms with Crippen LogP contribution in [0.25, 0.3) is 0 Å². The van der Waals surface area contributed by atoms with Crippen molar-refractivity contribution >= 4 is 17.5 Å². The normalized spacial score (nSPS) is 12.4. The van der Waals surface area contributed by atoms with Crippen LogP contribution >= 0.6 is 11.6 Å². The number of carbonyl (C=O) groups excluding carboxylic acids is 1. The van der Waals surface area contributed by atoms with Gasteiger partial charge >= 0.3 is 0 Å². The van der Waals surface area contributed by atoms with Gasteiger partial charge in [-0.2, -0.15) is 0 Å². The highest BCUT2D eigenvalue weighted by Crippen LogP contribution is 2.15. The van der Waals surface area contributed by atoms with Crippen LogP contribution in [0.4, 0.5) is 0 Å². The molecule has 0 aliphatic rings. The summed E-state index contributed by atoms with van der Waals surface area (Å²) in [5.74, 6) is -0.623. The maximum absolute atomic E-state index is 10.7. The van der Waals surface area contributed by atoms with Gasteiger partial charge in [-0.15, -0.1) is 0 Å². The van der Waals surface area contributed by atoms with E-state index in [4.69, 9.17) is 22.1 Å². The van der Waals surface area contributed by atoms with Crippen molar-refractivity contribution in [2.24, 2.45) is 11.7 Å². The van der Waals surface area contributed by atoms with Gasteiger partial charge in [0.05, 0.1) is 19.1 Å². The third kappa shape index (κ3) is 3.90. The largest absolute Gasteiger partial charge is 0.376 e. The molecule has 4 heteroatoms. The van der Waals surface area contributed by atoms with Gasteiger partial charge in [-0.25, -0.2) is 0 Å². The van der Waals surface area contributed by atoms with Gasteiger partial charge in [-0.1, -0.05) is 36.7 Å². The lowest BCUT2D eigenvalue weighted by Crippen LogP contribution is -2.24. The van der Waals surface area contributed by atoms with E-state index < -0.39 is 0 Å². The minimum atomic E-state index is -0.353. The number of amides is 1. The van der Waals surface area contributed by atoms with Crippen molar-refractivity contribution in [3.8, 4) is 0 Å². The molecule has 1 unspecified atom stereocenters. The van der Waals surface area contributed by atoms with Gasteiger partial charge in [0.25, 0.3) is 0 Å². The van der Waals surface area contributed by atoms with Crippen LogP contribution in [0.5, 0.6) is 0 Å². The molecule has 0 spiro atoms. The zero-order chi connectivity index (χ0) is 11.3. The standard InChI is InChI=1S/C11H14ClNO2/c1-8(11(13)14)6-15-7-9-4-2-3-5-10(9)12/h2-5,8H,6-7H2,1H3,(H2,13,14). The average Bonchev–Trinajstić information content (AvgIpc) is 2.20. The van der Waals surface area contributed by atoms with E-state index in [0.29, 0.717) is 18.2 Å². The first kappa shape index (κ1) is 12.0. The van der Waals surface area contributed by atoms with E-state index in [1.165, 1.54) is 0 Å². The molecule has 15 heavy (non-hydrogen) atoms. The number of halogens is 1. The van der Waals surface area contributed by atoms with Crippen molar-refractivity contribution in [1.29, 1.82) is 0 Å². The number of carbonyl (C=O) groups is 1. The first-order valence-corrected chi connectivity index (χ1v) is 5.09. The lowest BCUT2D eigenvalue weighted by Gasteiger charge is -2.09. The van der Waals surface area contributed by atoms with Crippen LogP contribution in [0.2, 0.25) is 5.02 Å². The van der Waals surface area contributed by atoms with Crippen molar-refractivity contribution in [2.45, 2.75) is 13.5 Å². The highest BCUT2D eigenvalue weighted by molar-refractivity contribution is 6.31. The molecule has 0 heterocycles. The number of rotatable bonds is 5. The van der Waals surface area contributed by atoms with Gasteiger partial charge in [0.1, 0.15) is 0 Å². The van der Waals surface area contributed by atoms with Crippen LogP contribution in [0, 0.1) is 5.92 Å². The number of primary amides is 1. The molecule has 0 saturated carbocycles. The zero-order valence-corrected chi connectivity index (χ0v) is 9.33. The Balaban J connectivity index is 2.38. The molecule has 1 aromatic rings. The third-order valence-corrected chi connectivity index (χ3v) is 2.44. The summed E-state index contributed by atoms with van der Waals surface area (Å²) >= 11 is 5.93. The molecule has 82 valence electrons. The van der Waals surface area contributed by atoms with Crippen LogP contribution in [-0.2, 0) is 16.1 Å². The summed E-state index contributed by atoms with van der Waals surface area (Å²) in [7, 11) is 0. The van der Waals surface area contributed by atoms with Gasteiger partial charge in [-0.3, -0.25) is 4.79 Å². The van der Waals surface area contributed by atoms with Gasteiger partial charge in [0, 0.05) is 5.02 Å². The highest BCUT2D eigenvalue weighted by atomic mass is 35.5. The van der Waals surface area contributed by atoms with Crippen molar-refractivity contribution in [3.63, 3.8) is 0 Å². The first-order valence-electron chi connectivity index (χ1n) is 4.71. The molecule has 0 aliphatic carbocycles. The predicted molar refractivity (Wildman–Crippen MR) is 59.5 cm³/mol. The van der Waals surface area contributed by atoms with Gasteiger partial charge < -0.3 is 10.5 Å². The van der Waals surface area contributed by atoms with E-state index in [9.17, 15) is 4.79 Å². The molecule has 0 saturated heterocycles. The molecular weight excluding hydrogens is 214 g/mol. The van der Waals surface area contributed by atoms with Gasteiger partial charge in [0.2, 0.25) is 5.91 Å². The second kappa shape index (κ2) is 5.73. The number of hydrogen-bond acceptors (Lipinski definition) is 2. The Morgan fingerprint density at radius 1 is 1.53 bits per heavy atom. The van der Waals surface area contributed by atoms with Crippen molar-refractivity contribution in [3.05, 3.63) is 34.9 Å². The summed E-state index contributed by atoms with van der Waals surface area (Å²) in [5, 5.41) is 0.671. The fourth-order valence-electron chi connectivity index (χ4n) is 1.04. The van der Waals surface area contributed by atoms with Crippen LogP contribution in [-0.4, -0.2) is 12.5 Å². The molecule has 0 fully saturated rings. The summed E-state index contributed by atoms with van der Waals surface area (Å²) < 4.78 is 5.34. The van der Waals surface area contributed by atoms with Crippen LogP contribution in [0.15, 0.2) is 24.3 Å². The Bertz CT molecular complexity index is 341. The SMILES string of the molecule is CC(COCc1ccccc1Cl)C(N)=O. The molecule has 1 aromatic carbocycles. The number of benzene rings is 1. The zero-order valence-electron chi connectivity index (χ0n) is 8.57. The lowest BCUT2D eigenvalue weighted by molar-refractivity contribution is -0.123. The monoisotopic (exact) mass is 227 g/mol. The number of hydrogen-bond donors (Lipinski definition) is 1. The Morgan fingerprint density at radius 2 is 2.20 bits per heavy atom. The Hall–Kier alpha value is -1.06. The van der Waals surface area contributed by atoms with Gasteiger partial charge in [-0.05, 0) is 11.6 Å². The maximum atomic E-state index is 10.7. The topological polar surface area (TPSA) is 52.3 Å². The molecule has 2 N–H and O–H groups in total. The van der Waals surface area contributed by atoms with Crippen LogP contribution in [0.3, 0.4) is 0 Å². The van der Waals surface area contributed by atoms with Crippen molar-refractivity contribution in [2.75, 3.05) is 6.61 Å². The fourth-order valence-corrected chi connectivity index (χ4v) is 1.23. The molecule has 0 aromatic heterocycles. The molecule has 3 nitrogen and oxygen atoms in total. The summed E-state index contributed by atoms with van der Waals surface area (Å²) in [6.07, 6.45) is 0. The van der Waals surface area contributed by atoms with E-state index in [0.717, 1.165) is 5.56 Å². The molecule has 1 atom stereocenters. The molecule has 1 amide bonds. The summed E-state index contributed by atoms with van der Waals surface area (Å²) in [5.41, 5.74) is 6.01. The van der Waals surface area contributed by atoms with E-state index >= 15 is 0 Å². The second-order valence-electron chi connectivity index (χ2n) is 3.41. The van der Waals surface area contributed by atoms with E-state index in [2.05, 4.69) is 0 Å². The highest BCUT2D eigenvalue weighted by Gasteiger charge is 2.08. The van der Waals surface area contributed by atoms with E-state index in [1.807, 2.05) is 18.2 Å². The first-order chi connectivity index (χ1) is 7.11. The number of ether oxygens (including phenoxy) is 1. The molecule has 0 radical (unpaired) electrons. The summed E-state index contributed by atoms with van der Waals surface area (Å²) in [6.45, 7) is 2.45. The molecular formula is C11H14ClNO2. The molecule has 0 bridgehead atoms. The number of nitrogens with two attached hydrogens (primary N) is 1. The predicted octanol–water partition coefficient (Wildman–Crippen LogP) is 1.98. The van der Waals surface area contributed by atoms with Crippen molar-refractivity contribution < 1.29 is 9.53 Å². The molecule has 0 aliphatic heterocycles. The maximum Gasteiger partial charge on any atom is 0.222 e. The summed E-state index contributed by atoms with van der Waals surface area (Å²) in [6, 6.07) is 7.44. The van der Waals surface area contributed by atoms with Crippen molar-refractivity contribution in [1.82, 2.24) is 0 Å². The van der Waals surface area contributed by atoms with Gasteiger partial charge in [0.15, 0.2) is 0 Å².